The molecule has 0 radical (unpaired) electrons. The molecule has 0 saturated carbocycles. The zero-order valence-corrected chi connectivity index (χ0v) is 13.1. The molecule has 3 nitrogen and oxygen atoms in total. The lowest BCUT2D eigenvalue weighted by molar-refractivity contribution is -0.120. The maximum absolute atomic E-state index is 11.9. The molecular weight excluding hydrogens is 274 g/mol. The second kappa shape index (κ2) is 9.65. The van der Waals surface area contributed by atoms with Gasteiger partial charge >= 0.3 is 0 Å². The van der Waals surface area contributed by atoms with E-state index in [9.17, 15) is 4.79 Å². The first-order valence-electron chi connectivity index (χ1n) is 7.15. The average molecular weight is 298 g/mol. The molecule has 20 heavy (non-hydrogen) atoms. The second-order valence-corrected chi connectivity index (χ2v) is 5.34. The second-order valence-electron chi connectivity index (χ2n) is 4.96. The van der Waals surface area contributed by atoms with E-state index in [4.69, 9.17) is 16.3 Å². The summed E-state index contributed by atoms with van der Waals surface area (Å²) < 4.78 is 5.09. The maximum atomic E-state index is 11.9. The summed E-state index contributed by atoms with van der Waals surface area (Å²) in [6, 6.07) is 7.58. The highest BCUT2D eigenvalue weighted by Crippen LogP contribution is 2.13. The number of amides is 1. The topological polar surface area (TPSA) is 38.3 Å². The molecule has 112 valence electrons. The summed E-state index contributed by atoms with van der Waals surface area (Å²) in [5, 5.41) is 3.00. The molecule has 1 rings (SSSR count). The number of alkyl halides is 1. The lowest BCUT2D eigenvalue weighted by atomic mass is 10.0. The van der Waals surface area contributed by atoms with Crippen molar-refractivity contribution in [1.29, 1.82) is 0 Å². The van der Waals surface area contributed by atoms with Gasteiger partial charge in [-0.15, -0.1) is 11.6 Å². The Morgan fingerprint density at radius 3 is 2.55 bits per heavy atom. The first-order valence-corrected chi connectivity index (χ1v) is 7.68. The third kappa shape index (κ3) is 6.29. The highest BCUT2D eigenvalue weighted by molar-refractivity contribution is 6.17. The van der Waals surface area contributed by atoms with Gasteiger partial charge < -0.3 is 10.1 Å². The normalized spacial score (nSPS) is 11.9. The van der Waals surface area contributed by atoms with Crippen molar-refractivity contribution in [2.24, 2.45) is 5.92 Å². The van der Waals surface area contributed by atoms with Gasteiger partial charge in [0.1, 0.15) is 5.75 Å². The van der Waals surface area contributed by atoms with Gasteiger partial charge in [-0.05, 0) is 36.5 Å². The van der Waals surface area contributed by atoms with Crippen molar-refractivity contribution in [1.82, 2.24) is 5.32 Å². The molecule has 0 saturated heterocycles. The largest absolute Gasteiger partial charge is 0.497 e. The van der Waals surface area contributed by atoms with Crippen molar-refractivity contribution < 1.29 is 9.53 Å². The number of methoxy groups -OCH3 is 1. The molecular formula is C16H24ClNO2. The van der Waals surface area contributed by atoms with Crippen molar-refractivity contribution in [3.05, 3.63) is 29.8 Å². The minimum atomic E-state index is 0.0610. The van der Waals surface area contributed by atoms with Crippen LogP contribution in [0.3, 0.4) is 0 Å². The fourth-order valence-electron chi connectivity index (χ4n) is 2.16. The number of nitrogens with one attached hydrogen (secondary N) is 1. The highest BCUT2D eigenvalue weighted by Gasteiger charge is 2.09. The number of benzene rings is 1. The van der Waals surface area contributed by atoms with E-state index in [1.165, 1.54) is 0 Å². The van der Waals surface area contributed by atoms with Gasteiger partial charge in [0.25, 0.3) is 0 Å². The molecule has 1 aromatic rings. The smallest absolute Gasteiger partial charge is 0.224 e. The molecule has 0 fully saturated rings. The molecule has 0 bridgehead atoms. The summed E-state index contributed by atoms with van der Waals surface area (Å²) >= 11 is 5.78. The molecule has 1 amide bonds. The van der Waals surface area contributed by atoms with Crippen LogP contribution in [0.5, 0.6) is 5.75 Å². The van der Waals surface area contributed by atoms with E-state index in [0.29, 0.717) is 18.2 Å². The fraction of sp³-hybridized carbons (Fsp3) is 0.562. The molecule has 0 aliphatic heterocycles. The van der Waals surface area contributed by atoms with Crippen molar-refractivity contribution in [3.63, 3.8) is 0 Å². The van der Waals surface area contributed by atoms with Crippen LogP contribution in [0, 0.1) is 5.92 Å². The average Bonchev–Trinajstić information content (AvgIpc) is 2.46. The maximum Gasteiger partial charge on any atom is 0.224 e. The van der Waals surface area contributed by atoms with Crippen LogP contribution in [0.2, 0.25) is 0 Å². The van der Waals surface area contributed by atoms with Crippen LogP contribution in [0.1, 0.15) is 31.7 Å². The van der Waals surface area contributed by atoms with E-state index in [1.54, 1.807) is 7.11 Å². The number of halogens is 1. The number of hydrogen-bond donors (Lipinski definition) is 1. The monoisotopic (exact) mass is 297 g/mol. The van der Waals surface area contributed by atoms with E-state index in [-0.39, 0.29) is 5.91 Å². The molecule has 1 atom stereocenters. The van der Waals surface area contributed by atoms with Crippen LogP contribution in [-0.2, 0) is 11.2 Å². The Kier molecular flexibility index (Phi) is 8.12. The Hall–Kier alpha value is -1.22. The lowest BCUT2D eigenvalue weighted by Crippen LogP contribution is -2.30. The molecule has 1 unspecified atom stereocenters. The Morgan fingerprint density at radius 2 is 2.00 bits per heavy atom. The first-order chi connectivity index (χ1) is 9.69. The summed E-state index contributed by atoms with van der Waals surface area (Å²) in [4.78, 5) is 11.9. The fourth-order valence-corrected chi connectivity index (χ4v) is 2.47. The number of ether oxygens (including phenoxy) is 1. The molecule has 4 heteroatoms. The minimum Gasteiger partial charge on any atom is -0.497 e. The Balaban J connectivity index is 2.38. The van der Waals surface area contributed by atoms with Crippen LogP contribution in [-0.4, -0.2) is 25.4 Å². The molecule has 1 aromatic carbocycles. The van der Waals surface area contributed by atoms with Gasteiger partial charge in [-0.25, -0.2) is 0 Å². The number of carbonyl (C=O) groups is 1. The van der Waals surface area contributed by atoms with Crippen molar-refractivity contribution in [3.8, 4) is 5.75 Å². The standard InChI is InChI=1S/C16H24ClNO2/c1-3-4-14(9-10-17)12-18-16(19)11-13-5-7-15(20-2)8-6-13/h5-8,14H,3-4,9-12H2,1-2H3,(H,18,19). The molecule has 0 aliphatic rings. The third-order valence-corrected chi connectivity index (χ3v) is 3.54. The van der Waals surface area contributed by atoms with Crippen molar-refractivity contribution in [2.45, 2.75) is 32.6 Å². The molecule has 0 aromatic heterocycles. The molecule has 0 aliphatic carbocycles. The lowest BCUT2D eigenvalue weighted by Gasteiger charge is -2.15. The summed E-state index contributed by atoms with van der Waals surface area (Å²) in [6.07, 6.45) is 3.59. The SMILES string of the molecule is CCCC(CCCl)CNC(=O)Cc1ccc(OC)cc1. The Labute approximate surface area is 126 Å². The van der Waals surface area contributed by atoms with Crippen molar-refractivity contribution in [2.75, 3.05) is 19.5 Å². The molecule has 0 heterocycles. The quantitative estimate of drug-likeness (QED) is 0.710. The van der Waals surface area contributed by atoms with Gasteiger partial charge in [-0.1, -0.05) is 25.5 Å². The summed E-state index contributed by atoms with van der Waals surface area (Å²) in [7, 11) is 1.63. The van der Waals surface area contributed by atoms with Crippen LogP contribution >= 0.6 is 11.6 Å². The first kappa shape index (κ1) is 16.8. The predicted octanol–water partition coefficient (Wildman–Crippen LogP) is 3.40. The summed E-state index contributed by atoms with van der Waals surface area (Å²) in [5.74, 6) is 2.00. The van der Waals surface area contributed by atoms with E-state index in [2.05, 4.69) is 12.2 Å². The van der Waals surface area contributed by atoms with Crippen LogP contribution in [0.4, 0.5) is 0 Å². The van der Waals surface area contributed by atoms with Gasteiger partial charge in [0, 0.05) is 12.4 Å². The van der Waals surface area contributed by atoms with Gasteiger partial charge in [0.15, 0.2) is 0 Å². The van der Waals surface area contributed by atoms with Gasteiger partial charge in [0.2, 0.25) is 5.91 Å². The number of rotatable bonds is 9. The van der Waals surface area contributed by atoms with E-state index in [1.807, 2.05) is 24.3 Å². The van der Waals surface area contributed by atoms with Crippen LogP contribution < -0.4 is 10.1 Å². The summed E-state index contributed by atoms with van der Waals surface area (Å²) in [6.45, 7) is 2.87. The third-order valence-electron chi connectivity index (χ3n) is 3.33. The minimum absolute atomic E-state index is 0.0610. The van der Waals surface area contributed by atoms with Crippen LogP contribution in [0.15, 0.2) is 24.3 Å². The molecule has 1 N–H and O–H groups in total. The summed E-state index contributed by atoms with van der Waals surface area (Å²) in [5.41, 5.74) is 0.993. The molecule has 0 spiro atoms. The zero-order valence-electron chi connectivity index (χ0n) is 12.3. The van der Waals surface area contributed by atoms with E-state index in [0.717, 1.165) is 37.1 Å². The van der Waals surface area contributed by atoms with Crippen molar-refractivity contribution >= 4 is 17.5 Å². The zero-order chi connectivity index (χ0) is 14.8. The van der Waals surface area contributed by atoms with Crippen LogP contribution in [0.25, 0.3) is 0 Å². The van der Waals surface area contributed by atoms with Gasteiger partial charge in [-0.2, -0.15) is 0 Å². The number of carbonyl (C=O) groups excluding carboxylic acids is 1. The van der Waals surface area contributed by atoms with E-state index < -0.39 is 0 Å². The number of hydrogen-bond acceptors (Lipinski definition) is 2. The van der Waals surface area contributed by atoms with Gasteiger partial charge in [-0.3, -0.25) is 4.79 Å². The van der Waals surface area contributed by atoms with E-state index >= 15 is 0 Å². The Bertz CT molecular complexity index is 386. The predicted molar refractivity (Wildman–Crippen MR) is 83.4 cm³/mol. The Morgan fingerprint density at radius 1 is 1.30 bits per heavy atom. The van der Waals surface area contributed by atoms with Gasteiger partial charge in [0.05, 0.1) is 13.5 Å². The highest BCUT2D eigenvalue weighted by atomic mass is 35.5.